The summed E-state index contributed by atoms with van der Waals surface area (Å²) in [7, 11) is -2.30. The molecule has 0 bridgehead atoms. The maximum Gasteiger partial charge on any atom is 0.343 e. The first-order chi connectivity index (χ1) is 9.53. The Bertz CT molecular complexity index is 420. The van der Waals surface area contributed by atoms with Gasteiger partial charge in [0.2, 0.25) is 7.37 Å². The quantitative estimate of drug-likeness (QED) is 0.461. The molecule has 5 heteroatoms. The molecular formula is C15H25O4P. The van der Waals surface area contributed by atoms with Crippen molar-refractivity contribution in [2.75, 3.05) is 13.3 Å². The molecule has 0 radical (unpaired) electrons. The highest BCUT2D eigenvalue weighted by Crippen LogP contribution is 2.53. The summed E-state index contributed by atoms with van der Waals surface area (Å²) in [5.74, 6) is 0.203. The zero-order valence-electron chi connectivity index (χ0n) is 12.2. The van der Waals surface area contributed by atoms with Gasteiger partial charge in [-0.05, 0) is 31.1 Å². The van der Waals surface area contributed by atoms with Crippen molar-refractivity contribution in [1.29, 1.82) is 0 Å². The van der Waals surface area contributed by atoms with Crippen LogP contribution in [-0.2, 0) is 14.1 Å². The molecule has 1 atom stereocenters. The van der Waals surface area contributed by atoms with Crippen LogP contribution >= 0.6 is 7.37 Å². The molecule has 4 nitrogen and oxygen atoms in total. The Kier molecular flexibility index (Phi) is 5.45. The minimum Gasteiger partial charge on any atom is -0.465 e. The Morgan fingerprint density at radius 2 is 1.90 bits per heavy atom. The number of ether oxygens (including phenoxy) is 1. The number of esters is 1. The van der Waals surface area contributed by atoms with Crippen LogP contribution in [0.2, 0.25) is 0 Å². The lowest BCUT2D eigenvalue weighted by Crippen LogP contribution is -2.12. The molecule has 0 aliphatic heterocycles. The molecule has 2 aliphatic rings. The van der Waals surface area contributed by atoms with E-state index in [9.17, 15) is 14.3 Å². The van der Waals surface area contributed by atoms with Gasteiger partial charge >= 0.3 is 5.97 Å². The number of hydrogen-bond donors (Lipinski definition) is 1. The van der Waals surface area contributed by atoms with Crippen LogP contribution in [0.15, 0.2) is 11.4 Å². The molecule has 114 valence electrons. The topological polar surface area (TPSA) is 63.6 Å². The van der Waals surface area contributed by atoms with E-state index in [1.165, 1.54) is 26.4 Å². The smallest absolute Gasteiger partial charge is 0.343 e. The summed E-state index contributed by atoms with van der Waals surface area (Å²) < 4.78 is 17.2. The van der Waals surface area contributed by atoms with Crippen LogP contribution in [0.4, 0.5) is 0 Å². The van der Waals surface area contributed by atoms with Gasteiger partial charge in [-0.3, -0.25) is 4.57 Å². The van der Waals surface area contributed by atoms with E-state index in [1.54, 1.807) is 6.08 Å². The second-order valence-corrected chi connectivity index (χ2v) is 8.43. The van der Waals surface area contributed by atoms with Gasteiger partial charge in [0.1, 0.15) is 5.31 Å². The lowest BCUT2D eigenvalue weighted by atomic mass is 9.88. The van der Waals surface area contributed by atoms with Crippen molar-refractivity contribution in [2.24, 2.45) is 11.8 Å². The highest BCUT2D eigenvalue weighted by Gasteiger charge is 2.34. The summed E-state index contributed by atoms with van der Waals surface area (Å²) >= 11 is 0. The van der Waals surface area contributed by atoms with Gasteiger partial charge < -0.3 is 9.63 Å². The molecule has 0 aromatic rings. The third kappa shape index (κ3) is 4.46. The fourth-order valence-electron chi connectivity index (χ4n) is 2.87. The minimum absolute atomic E-state index is 0.0262. The summed E-state index contributed by atoms with van der Waals surface area (Å²) in [6, 6.07) is 0. The molecule has 0 heterocycles. The van der Waals surface area contributed by atoms with E-state index in [0.717, 1.165) is 32.1 Å². The van der Waals surface area contributed by atoms with Crippen LogP contribution in [-0.4, -0.2) is 24.1 Å². The zero-order valence-corrected chi connectivity index (χ0v) is 13.1. The van der Waals surface area contributed by atoms with E-state index in [2.05, 4.69) is 4.74 Å². The Morgan fingerprint density at radius 3 is 2.45 bits per heavy atom. The first-order valence-electron chi connectivity index (χ1n) is 7.65. The lowest BCUT2D eigenvalue weighted by Gasteiger charge is -2.23. The van der Waals surface area contributed by atoms with Crippen molar-refractivity contribution < 1.29 is 19.0 Å². The molecule has 2 aliphatic carbocycles. The van der Waals surface area contributed by atoms with Crippen LogP contribution in [0.3, 0.4) is 0 Å². The Hall–Kier alpha value is -0.600. The van der Waals surface area contributed by atoms with Gasteiger partial charge in [-0.25, -0.2) is 4.79 Å². The summed E-state index contributed by atoms with van der Waals surface area (Å²) in [6.45, 7) is 0. The highest BCUT2D eigenvalue weighted by atomic mass is 31.2. The number of carbonyl (C=O) groups excluding carboxylic acids is 1. The molecular weight excluding hydrogens is 275 g/mol. The number of carbonyl (C=O) groups is 1. The maximum absolute atomic E-state index is 12.5. The summed E-state index contributed by atoms with van der Waals surface area (Å²) in [6.07, 6.45) is 10.7. The molecule has 0 aromatic carbocycles. The van der Waals surface area contributed by atoms with E-state index >= 15 is 0 Å². The minimum atomic E-state index is -3.57. The first-order valence-corrected chi connectivity index (χ1v) is 9.50. The van der Waals surface area contributed by atoms with Crippen molar-refractivity contribution >= 4 is 13.3 Å². The maximum atomic E-state index is 12.5. The van der Waals surface area contributed by atoms with Gasteiger partial charge in [0.15, 0.2) is 0 Å². The molecule has 20 heavy (non-hydrogen) atoms. The SMILES string of the molecule is COC(=O)C(=CC1CC1)P(=O)(O)CCC1CCCCC1. The van der Waals surface area contributed by atoms with E-state index in [0.29, 0.717) is 11.8 Å². The van der Waals surface area contributed by atoms with Crippen molar-refractivity contribution in [3.63, 3.8) is 0 Å². The standard InChI is InChI=1S/C15H25O4P/c1-19-15(16)14(11-13-7-8-13)20(17,18)10-9-12-5-3-2-4-6-12/h11-13H,2-10H2,1H3,(H,17,18). The fourth-order valence-corrected chi connectivity index (χ4v) is 4.65. The number of rotatable bonds is 6. The van der Waals surface area contributed by atoms with Crippen molar-refractivity contribution in [3.05, 3.63) is 11.4 Å². The average Bonchev–Trinajstić information content (AvgIpc) is 3.27. The van der Waals surface area contributed by atoms with Crippen LogP contribution in [0.25, 0.3) is 0 Å². The first kappa shape index (κ1) is 15.8. The number of allylic oxidation sites excluding steroid dienone is 1. The molecule has 0 amide bonds. The molecule has 2 fully saturated rings. The summed E-state index contributed by atoms with van der Waals surface area (Å²) in [5, 5.41) is 0.0262. The summed E-state index contributed by atoms with van der Waals surface area (Å²) in [5.41, 5.74) is 0. The van der Waals surface area contributed by atoms with Crippen molar-refractivity contribution in [1.82, 2.24) is 0 Å². The molecule has 2 saturated carbocycles. The van der Waals surface area contributed by atoms with E-state index in [4.69, 9.17) is 0 Å². The predicted molar refractivity (Wildman–Crippen MR) is 78.7 cm³/mol. The van der Waals surface area contributed by atoms with E-state index in [1.807, 2.05) is 0 Å². The van der Waals surface area contributed by atoms with Crippen LogP contribution in [0, 0.1) is 11.8 Å². The molecule has 0 saturated heterocycles. The normalized spacial score (nSPS) is 24.2. The zero-order chi connectivity index (χ0) is 14.6. The van der Waals surface area contributed by atoms with Crippen molar-refractivity contribution in [3.8, 4) is 0 Å². The van der Waals surface area contributed by atoms with E-state index in [-0.39, 0.29) is 11.5 Å². The highest BCUT2D eigenvalue weighted by molar-refractivity contribution is 7.63. The van der Waals surface area contributed by atoms with Gasteiger partial charge in [-0.1, -0.05) is 38.2 Å². The molecule has 0 spiro atoms. The van der Waals surface area contributed by atoms with E-state index < -0.39 is 13.3 Å². The van der Waals surface area contributed by atoms with Crippen molar-refractivity contribution in [2.45, 2.75) is 51.4 Å². The molecule has 1 N–H and O–H groups in total. The van der Waals surface area contributed by atoms with Gasteiger partial charge in [0, 0.05) is 6.16 Å². The molecule has 0 aromatic heterocycles. The fraction of sp³-hybridized carbons (Fsp3) is 0.800. The number of hydrogen-bond acceptors (Lipinski definition) is 3. The predicted octanol–water partition coefficient (Wildman–Crippen LogP) is 3.69. The lowest BCUT2D eigenvalue weighted by molar-refractivity contribution is -0.135. The second-order valence-electron chi connectivity index (χ2n) is 6.10. The third-order valence-corrected chi connectivity index (χ3v) is 6.30. The second kappa shape index (κ2) is 6.91. The van der Waals surface area contributed by atoms with Gasteiger partial charge in [-0.2, -0.15) is 0 Å². The Balaban J connectivity index is 1.98. The van der Waals surface area contributed by atoms with Crippen LogP contribution < -0.4 is 0 Å². The van der Waals surface area contributed by atoms with Crippen LogP contribution in [0.1, 0.15) is 51.4 Å². The van der Waals surface area contributed by atoms with Crippen LogP contribution in [0.5, 0.6) is 0 Å². The monoisotopic (exact) mass is 300 g/mol. The summed E-state index contributed by atoms with van der Waals surface area (Å²) in [4.78, 5) is 22.0. The molecule has 2 rings (SSSR count). The van der Waals surface area contributed by atoms with Gasteiger partial charge in [0.05, 0.1) is 7.11 Å². The molecule has 1 unspecified atom stereocenters. The average molecular weight is 300 g/mol. The Labute approximate surface area is 121 Å². The van der Waals surface area contributed by atoms with Gasteiger partial charge in [-0.15, -0.1) is 0 Å². The Morgan fingerprint density at radius 1 is 1.25 bits per heavy atom. The third-order valence-electron chi connectivity index (χ3n) is 4.35. The van der Waals surface area contributed by atoms with Gasteiger partial charge in [0.25, 0.3) is 0 Å². The largest absolute Gasteiger partial charge is 0.465 e. The number of methoxy groups -OCH3 is 1.